The summed E-state index contributed by atoms with van der Waals surface area (Å²) in [5.41, 5.74) is 2.76. The van der Waals surface area contributed by atoms with Crippen LogP contribution in [0.4, 0.5) is 5.69 Å². The minimum Gasteiger partial charge on any atom is -0.328 e. The molecule has 0 atom stereocenters. The van der Waals surface area contributed by atoms with Crippen LogP contribution in [0.1, 0.15) is 18.2 Å². The molecule has 1 aromatic carbocycles. The number of thiocarbonyl (C=S) groups is 1. The molecule has 0 saturated carbocycles. The van der Waals surface area contributed by atoms with Crippen molar-refractivity contribution >= 4 is 35.0 Å². The zero-order chi connectivity index (χ0) is 21.3. The number of nitrogens with zero attached hydrogens (tertiary/aromatic N) is 5. The molecule has 1 amide bonds. The molecule has 1 aliphatic rings. The van der Waals surface area contributed by atoms with Crippen molar-refractivity contribution < 1.29 is 9.72 Å². The van der Waals surface area contributed by atoms with Crippen molar-refractivity contribution in [3.05, 3.63) is 82.1 Å². The van der Waals surface area contributed by atoms with Gasteiger partial charge in [0.1, 0.15) is 5.70 Å². The van der Waals surface area contributed by atoms with Gasteiger partial charge in [0.25, 0.3) is 11.6 Å². The van der Waals surface area contributed by atoms with Gasteiger partial charge in [0.15, 0.2) is 5.11 Å². The molecule has 0 radical (unpaired) electrons. The van der Waals surface area contributed by atoms with E-state index in [2.05, 4.69) is 10.4 Å². The fourth-order valence-electron chi connectivity index (χ4n) is 3.19. The predicted molar refractivity (Wildman–Crippen MR) is 115 cm³/mol. The maximum absolute atomic E-state index is 12.9. The number of benzene rings is 1. The number of aromatic nitrogens is 3. The Hall–Kier alpha value is -3.79. The number of carbonyl (C=O) groups excluding carboxylic acids is 1. The van der Waals surface area contributed by atoms with Gasteiger partial charge in [-0.2, -0.15) is 5.10 Å². The van der Waals surface area contributed by atoms with E-state index in [9.17, 15) is 14.9 Å². The van der Waals surface area contributed by atoms with Gasteiger partial charge >= 0.3 is 0 Å². The number of hydrogen-bond acceptors (Lipinski definition) is 5. The first-order chi connectivity index (χ1) is 14.5. The SMILES string of the molecule is CCn1cc(CN2C(=O)/C(=C\c3cccn3-c3ccc([N+](=O)[O-])cc3)NC2=S)cn1. The van der Waals surface area contributed by atoms with Gasteiger partial charge in [-0.05, 0) is 49.5 Å². The molecule has 10 heteroatoms. The Kier molecular flexibility index (Phi) is 5.15. The molecule has 2 aromatic heterocycles. The van der Waals surface area contributed by atoms with Crippen LogP contribution in [0.2, 0.25) is 0 Å². The standard InChI is InChI=1S/C20H18N6O3S/c1-2-23-12-14(11-21-23)13-25-19(27)18(22-20(25)30)10-17-4-3-9-24(17)15-5-7-16(8-6-15)26(28)29/h3-12H,2,13H2,1H3,(H,22,30)/b18-10+. The molecule has 3 heterocycles. The van der Waals surface area contributed by atoms with Crippen LogP contribution in [-0.4, -0.2) is 35.2 Å². The third kappa shape index (κ3) is 3.72. The van der Waals surface area contributed by atoms with Crippen LogP contribution in [-0.2, 0) is 17.9 Å². The smallest absolute Gasteiger partial charge is 0.276 e. The summed E-state index contributed by atoms with van der Waals surface area (Å²) in [7, 11) is 0. The van der Waals surface area contributed by atoms with Crippen LogP contribution in [0, 0.1) is 10.1 Å². The third-order valence-corrected chi connectivity index (χ3v) is 5.05. The fraction of sp³-hybridized carbons (Fsp3) is 0.150. The van der Waals surface area contributed by atoms with E-state index >= 15 is 0 Å². The fourth-order valence-corrected chi connectivity index (χ4v) is 3.45. The van der Waals surface area contributed by atoms with Gasteiger partial charge < -0.3 is 9.88 Å². The van der Waals surface area contributed by atoms with Crippen molar-refractivity contribution in [2.75, 3.05) is 0 Å². The molecule has 0 aliphatic carbocycles. The number of carbonyl (C=O) groups is 1. The highest BCUT2D eigenvalue weighted by atomic mass is 32.1. The van der Waals surface area contributed by atoms with Crippen molar-refractivity contribution in [2.45, 2.75) is 20.0 Å². The van der Waals surface area contributed by atoms with Crippen LogP contribution in [0.25, 0.3) is 11.8 Å². The Labute approximate surface area is 177 Å². The second-order valence-electron chi connectivity index (χ2n) is 6.66. The van der Waals surface area contributed by atoms with Crippen LogP contribution in [0.3, 0.4) is 0 Å². The topological polar surface area (TPSA) is 98.2 Å². The number of nitro groups is 1. The molecule has 1 saturated heterocycles. The lowest BCUT2D eigenvalue weighted by atomic mass is 10.2. The Morgan fingerprint density at radius 2 is 2.03 bits per heavy atom. The van der Waals surface area contributed by atoms with E-state index in [0.29, 0.717) is 17.4 Å². The van der Waals surface area contributed by atoms with E-state index in [1.54, 1.807) is 29.1 Å². The molecule has 1 N–H and O–H groups in total. The summed E-state index contributed by atoms with van der Waals surface area (Å²) in [6.07, 6.45) is 7.14. The monoisotopic (exact) mass is 422 g/mol. The highest BCUT2D eigenvalue weighted by Crippen LogP contribution is 2.21. The minimum atomic E-state index is -0.441. The van der Waals surface area contributed by atoms with E-state index in [0.717, 1.165) is 23.5 Å². The van der Waals surface area contributed by atoms with Gasteiger partial charge in [0.2, 0.25) is 0 Å². The molecule has 4 rings (SSSR count). The van der Waals surface area contributed by atoms with E-state index in [-0.39, 0.29) is 11.6 Å². The maximum atomic E-state index is 12.9. The molecular formula is C20H18N6O3S. The molecule has 9 nitrogen and oxygen atoms in total. The quantitative estimate of drug-likeness (QED) is 0.284. The van der Waals surface area contributed by atoms with Gasteiger partial charge in [-0.15, -0.1) is 0 Å². The van der Waals surface area contributed by atoms with Crippen LogP contribution in [0.15, 0.2) is 60.7 Å². The Balaban J connectivity index is 1.57. The second kappa shape index (κ2) is 7.91. The summed E-state index contributed by atoms with van der Waals surface area (Å²) >= 11 is 5.34. The van der Waals surface area contributed by atoms with Gasteiger partial charge in [-0.3, -0.25) is 24.5 Å². The van der Waals surface area contributed by atoms with E-state index in [1.165, 1.54) is 17.0 Å². The summed E-state index contributed by atoms with van der Waals surface area (Å²) in [5.74, 6) is -0.222. The zero-order valence-electron chi connectivity index (χ0n) is 16.1. The minimum absolute atomic E-state index is 0.0193. The Morgan fingerprint density at radius 1 is 1.27 bits per heavy atom. The predicted octanol–water partition coefficient (Wildman–Crippen LogP) is 2.86. The van der Waals surface area contributed by atoms with Crippen LogP contribution in [0.5, 0.6) is 0 Å². The van der Waals surface area contributed by atoms with Gasteiger partial charge in [0, 0.05) is 48.0 Å². The largest absolute Gasteiger partial charge is 0.328 e. The molecule has 1 aliphatic heterocycles. The molecule has 0 spiro atoms. The average Bonchev–Trinajstić information content (AvgIpc) is 3.45. The van der Waals surface area contributed by atoms with Crippen molar-refractivity contribution in [1.29, 1.82) is 0 Å². The summed E-state index contributed by atoms with van der Waals surface area (Å²) in [6, 6.07) is 9.89. The molecule has 0 bridgehead atoms. The van der Waals surface area contributed by atoms with Gasteiger partial charge in [0.05, 0.1) is 17.7 Å². The number of nitrogens with one attached hydrogen (secondary N) is 1. The summed E-state index contributed by atoms with van der Waals surface area (Å²) in [4.78, 5) is 24.8. The van der Waals surface area contributed by atoms with Gasteiger partial charge in [-0.1, -0.05) is 0 Å². The van der Waals surface area contributed by atoms with Crippen molar-refractivity contribution in [3.8, 4) is 5.69 Å². The third-order valence-electron chi connectivity index (χ3n) is 4.72. The highest BCUT2D eigenvalue weighted by Gasteiger charge is 2.31. The van der Waals surface area contributed by atoms with Crippen molar-refractivity contribution in [3.63, 3.8) is 0 Å². The van der Waals surface area contributed by atoms with E-state index < -0.39 is 4.92 Å². The summed E-state index contributed by atoms with van der Waals surface area (Å²) < 4.78 is 3.63. The summed E-state index contributed by atoms with van der Waals surface area (Å²) in [6.45, 7) is 3.08. The maximum Gasteiger partial charge on any atom is 0.276 e. The lowest BCUT2D eigenvalue weighted by Crippen LogP contribution is -2.29. The Bertz CT molecular complexity index is 1160. The molecule has 152 valence electrons. The average molecular weight is 422 g/mol. The highest BCUT2D eigenvalue weighted by molar-refractivity contribution is 7.80. The molecular weight excluding hydrogens is 404 g/mol. The normalized spacial score (nSPS) is 15.1. The number of amides is 1. The molecule has 3 aromatic rings. The number of aryl methyl sites for hydroxylation is 1. The van der Waals surface area contributed by atoms with E-state index in [1.807, 2.05) is 36.0 Å². The first kappa shape index (κ1) is 19.5. The lowest BCUT2D eigenvalue weighted by Gasteiger charge is -2.12. The zero-order valence-corrected chi connectivity index (χ0v) is 16.9. The lowest BCUT2D eigenvalue weighted by molar-refractivity contribution is -0.384. The molecule has 0 unspecified atom stereocenters. The van der Waals surface area contributed by atoms with Crippen molar-refractivity contribution in [2.24, 2.45) is 0 Å². The first-order valence-electron chi connectivity index (χ1n) is 9.24. The first-order valence-corrected chi connectivity index (χ1v) is 9.65. The second-order valence-corrected chi connectivity index (χ2v) is 7.05. The number of hydrogen-bond donors (Lipinski definition) is 1. The molecule has 30 heavy (non-hydrogen) atoms. The van der Waals surface area contributed by atoms with Crippen molar-refractivity contribution in [1.82, 2.24) is 24.6 Å². The van der Waals surface area contributed by atoms with Crippen LogP contribution < -0.4 is 5.32 Å². The number of non-ortho nitro benzene ring substituents is 1. The van der Waals surface area contributed by atoms with Gasteiger partial charge in [-0.25, -0.2) is 0 Å². The van der Waals surface area contributed by atoms with E-state index in [4.69, 9.17) is 12.2 Å². The Morgan fingerprint density at radius 3 is 2.70 bits per heavy atom. The van der Waals surface area contributed by atoms with Crippen LogP contribution >= 0.6 is 12.2 Å². The summed E-state index contributed by atoms with van der Waals surface area (Å²) in [5, 5.41) is 18.4. The molecule has 1 fully saturated rings. The number of nitro benzene ring substituents is 1. The number of rotatable bonds is 6.